The second-order valence-corrected chi connectivity index (χ2v) is 8.47. The molecule has 20 heavy (non-hydrogen) atoms. The van der Waals surface area contributed by atoms with E-state index < -0.39 is 9.84 Å². The van der Waals surface area contributed by atoms with Crippen molar-refractivity contribution in [1.82, 2.24) is 15.1 Å². The summed E-state index contributed by atoms with van der Waals surface area (Å²) in [5.74, 6) is 1.36. The molecule has 0 aliphatic heterocycles. The van der Waals surface area contributed by atoms with Crippen LogP contribution in [0, 0.1) is 5.92 Å². The fourth-order valence-electron chi connectivity index (χ4n) is 2.33. The van der Waals surface area contributed by atoms with Crippen LogP contribution in [0.3, 0.4) is 0 Å². The van der Waals surface area contributed by atoms with Gasteiger partial charge in [0.05, 0.1) is 18.5 Å². The highest BCUT2D eigenvalue weighted by Gasteiger charge is 2.30. The van der Waals surface area contributed by atoms with Gasteiger partial charge in [0.2, 0.25) is 0 Å². The van der Waals surface area contributed by atoms with Gasteiger partial charge in [-0.1, -0.05) is 13.8 Å². The van der Waals surface area contributed by atoms with E-state index in [0.29, 0.717) is 18.4 Å². The lowest BCUT2D eigenvalue weighted by atomic mass is 10.1. The average Bonchev–Trinajstić information content (AvgIpc) is 3.08. The summed E-state index contributed by atoms with van der Waals surface area (Å²) in [6.07, 6.45) is 5.56. The molecule has 0 unspecified atom stereocenters. The fraction of sp³-hybridized carbons (Fsp3) is 0.786. The molecule has 1 aliphatic rings. The van der Waals surface area contributed by atoms with Crippen molar-refractivity contribution >= 4 is 9.84 Å². The molecule has 1 aromatic heterocycles. The third kappa shape index (κ3) is 4.59. The summed E-state index contributed by atoms with van der Waals surface area (Å²) < 4.78 is 24.5. The summed E-state index contributed by atoms with van der Waals surface area (Å²) in [6, 6.07) is 0. The van der Waals surface area contributed by atoms with Crippen molar-refractivity contribution in [2.75, 3.05) is 18.6 Å². The number of hydrogen-bond acceptors (Lipinski definition) is 4. The highest BCUT2D eigenvalue weighted by molar-refractivity contribution is 7.90. The number of nitrogens with zero attached hydrogens (tertiary/aromatic N) is 2. The van der Waals surface area contributed by atoms with E-state index in [1.165, 1.54) is 30.4 Å². The van der Waals surface area contributed by atoms with E-state index in [4.69, 9.17) is 0 Å². The molecule has 1 N–H and O–H groups in total. The van der Waals surface area contributed by atoms with Gasteiger partial charge < -0.3 is 5.32 Å². The van der Waals surface area contributed by atoms with E-state index in [-0.39, 0.29) is 5.75 Å². The Hall–Kier alpha value is -0.880. The summed E-state index contributed by atoms with van der Waals surface area (Å²) in [7, 11) is -2.94. The molecule has 5 nitrogen and oxygen atoms in total. The van der Waals surface area contributed by atoms with Crippen LogP contribution >= 0.6 is 0 Å². The first-order valence-electron chi connectivity index (χ1n) is 7.30. The first kappa shape index (κ1) is 15.5. The van der Waals surface area contributed by atoms with Gasteiger partial charge in [-0.25, -0.2) is 8.42 Å². The summed E-state index contributed by atoms with van der Waals surface area (Å²) in [4.78, 5) is 0. The van der Waals surface area contributed by atoms with E-state index in [0.717, 1.165) is 13.1 Å². The van der Waals surface area contributed by atoms with Gasteiger partial charge in [-0.15, -0.1) is 0 Å². The normalized spacial score (nSPS) is 16.0. The third-order valence-corrected chi connectivity index (χ3v) is 4.39. The van der Waals surface area contributed by atoms with E-state index in [1.807, 2.05) is 10.9 Å². The smallest absolute Gasteiger partial charge is 0.149 e. The van der Waals surface area contributed by atoms with Crippen LogP contribution in [0.5, 0.6) is 0 Å². The van der Waals surface area contributed by atoms with Crippen molar-refractivity contribution in [1.29, 1.82) is 0 Å². The van der Waals surface area contributed by atoms with Gasteiger partial charge in [-0.2, -0.15) is 5.10 Å². The predicted octanol–water partition coefficient (Wildman–Crippen LogP) is 1.55. The van der Waals surface area contributed by atoms with Crippen molar-refractivity contribution in [3.8, 4) is 0 Å². The zero-order valence-electron chi connectivity index (χ0n) is 12.6. The number of hydrogen-bond donors (Lipinski definition) is 1. The largest absolute Gasteiger partial charge is 0.312 e. The number of aromatic nitrogens is 2. The van der Waals surface area contributed by atoms with Crippen LogP contribution in [0.4, 0.5) is 0 Å². The van der Waals surface area contributed by atoms with Crippen LogP contribution in [0.25, 0.3) is 0 Å². The highest BCUT2D eigenvalue weighted by Crippen LogP contribution is 2.41. The predicted molar refractivity (Wildman–Crippen MR) is 80.5 cm³/mol. The first-order valence-corrected chi connectivity index (χ1v) is 9.36. The SMILES string of the molecule is CC(C)CNCc1cnn(CCS(C)(=O)=O)c1C1CC1. The van der Waals surface area contributed by atoms with E-state index >= 15 is 0 Å². The maximum absolute atomic E-state index is 11.3. The molecule has 0 bridgehead atoms. The maximum atomic E-state index is 11.3. The van der Waals surface area contributed by atoms with Crippen LogP contribution in [0.1, 0.15) is 43.9 Å². The van der Waals surface area contributed by atoms with Crippen molar-refractivity contribution < 1.29 is 8.42 Å². The van der Waals surface area contributed by atoms with Gasteiger partial charge >= 0.3 is 0 Å². The zero-order valence-corrected chi connectivity index (χ0v) is 13.4. The van der Waals surface area contributed by atoms with Crippen molar-refractivity contribution in [3.63, 3.8) is 0 Å². The van der Waals surface area contributed by atoms with E-state index in [2.05, 4.69) is 24.3 Å². The molecule has 1 heterocycles. The minimum absolute atomic E-state index is 0.160. The molecule has 1 aromatic rings. The number of rotatable bonds is 8. The summed E-state index contributed by atoms with van der Waals surface area (Å²) in [6.45, 7) is 6.64. The Kier molecular flexibility index (Phi) is 4.86. The molecule has 0 radical (unpaired) electrons. The lowest BCUT2D eigenvalue weighted by Crippen LogP contribution is -2.20. The molecular weight excluding hydrogens is 274 g/mol. The minimum Gasteiger partial charge on any atom is -0.312 e. The van der Waals surface area contributed by atoms with Gasteiger partial charge in [0.1, 0.15) is 9.84 Å². The van der Waals surface area contributed by atoms with Crippen LogP contribution in [-0.2, 0) is 22.9 Å². The van der Waals surface area contributed by atoms with Crippen LogP contribution < -0.4 is 5.32 Å². The van der Waals surface area contributed by atoms with Crippen LogP contribution in [0.2, 0.25) is 0 Å². The van der Waals surface area contributed by atoms with Crippen LogP contribution in [-0.4, -0.2) is 36.8 Å². The molecule has 114 valence electrons. The molecule has 1 fully saturated rings. The lowest BCUT2D eigenvalue weighted by molar-refractivity contribution is 0.548. The second kappa shape index (κ2) is 6.26. The Bertz CT molecular complexity index is 545. The van der Waals surface area contributed by atoms with Gasteiger partial charge in [0, 0.05) is 30.0 Å². The third-order valence-electron chi connectivity index (χ3n) is 3.47. The molecule has 1 saturated carbocycles. The van der Waals surface area contributed by atoms with E-state index in [9.17, 15) is 8.42 Å². The van der Waals surface area contributed by atoms with Crippen molar-refractivity contribution in [3.05, 3.63) is 17.5 Å². The standard InChI is InChI=1S/C14H25N3O2S/c1-11(2)8-15-9-13-10-16-17(6-7-20(3,18)19)14(13)12-4-5-12/h10-12,15H,4-9H2,1-3H3. The Balaban J connectivity index is 2.03. The Morgan fingerprint density at radius 3 is 2.70 bits per heavy atom. The number of aryl methyl sites for hydroxylation is 1. The molecule has 0 spiro atoms. The van der Waals surface area contributed by atoms with Crippen LogP contribution in [0.15, 0.2) is 6.20 Å². The van der Waals surface area contributed by atoms with Gasteiger partial charge in [-0.05, 0) is 25.3 Å². The Labute approximate surface area is 121 Å². The molecule has 2 rings (SSSR count). The lowest BCUT2D eigenvalue weighted by Gasteiger charge is -2.10. The van der Waals surface area contributed by atoms with Crippen molar-refractivity contribution in [2.45, 2.75) is 45.7 Å². The van der Waals surface area contributed by atoms with Gasteiger partial charge in [0.15, 0.2) is 0 Å². The molecule has 0 atom stereocenters. The van der Waals surface area contributed by atoms with Crippen molar-refractivity contribution in [2.24, 2.45) is 5.92 Å². The number of nitrogens with one attached hydrogen (secondary N) is 1. The Morgan fingerprint density at radius 2 is 2.15 bits per heavy atom. The molecule has 0 amide bonds. The van der Waals surface area contributed by atoms with Gasteiger partial charge in [-0.3, -0.25) is 4.68 Å². The summed E-state index contributed by atoms with van der Waals surface area (Å²) in [5.41, 5.74) is 2.46. The monoisotopic (exact) mass is 299 g/mol. The quantitative estimate of drug-likeness (QED) is 0.791. The summed E-state index contributed by atoms with van der Waals surface area (Å²) in [5, 5.41) is 7.83. The number of sulfone groups is 1. The van der Waals surface area contributed by atoms with E-state index in [1.54, 1.807) is 0 Å². The fourth-order valence-corrected chi connectivity index (χ4v) is 2.83. The maximum Gasteiger partial charge on any atom is 0.149 e. The second-order valence-electron chi connectivity index (χ2n) is 6.21. The molecule has 6 heteroatoms. The molecular formula is C14H25N3O2S. The minimum atomic E-state index is -2.94. The highest BCUT2D eigenvalue weighted by atomic mass is 32.2. The topological polar surface area (TPSA) is 64.0 Å². The summed E-state index contributed by atoms with van der Waals surface area (Å²) >= 11 is 0. The average molecular weight is 299 g/mol. The zero-order chi connectivity index (χ0) is 14.8. The molecule has 1 aliphatic carbocycles. The molecule has 0 saturated heterocycles. The molecule has 0 aromatic carbocycles. The van der Waals surface area contributed by atoms with Gasteiger partial charge in [0.25, 0.3) is 0 Å². The Morgan fingerprint density at radius 1 is 1.45 bits per heavy atom. The first-order chi connectivity index (χ1) is 9.37.